The highest BCUT2D eigenvalue weighted by atomic mass is 79.9. The summed E-state index contributed by atoms with van der Waals surface area (Å²) >= 11 is 8.75. The molecule has 0 bridgehead atoms. The van der Waals surface area contributed by atoms with Crippen LogP contribution in [0.1, 0.15) is 5.56 Å². The smallest absolute Gasteiger partial charge is 0.143 e. The van der Waals surface area contributed by atoms with Gasteiger partial charge in [0, 0.05) is 4.47 Å². The van der Waals surface area contributed by atoms with Crippen molar-refractivity contribution in [2.24, 2.45) is 5.73 Å². The van der Waals surface area contributed by atoms with E-state index >= 15 is 0 Å². The van der Waals surface area contributed by atoms with Crippen LogP contribution < -0.4 is 5.73 Å². The van der Waals surface area contributed by atoms with Gasteiger partial charge in [0.05, 0.1) is 5.02 Å². The average Bonchev–Trinajstić information content (AvgIpc) is 2.01. The van der Waals surface area contributed by atoms with Crippen molar-refractivity contribution < 1.29 is 4.39 Å². The zero-order valence-corrected chi connectivity index (χ0v) is 8.62. The van der Waals surface area contributed by atoms with Crippen molar-refractivity contribution in [3.63, 3.8) is 0 Å². The summed E-state index contributed by atoms with van der Waals surface area (Å²) < 4.78 is 13.5. The number of rotatable bonds is 2. The minimum Gasteiger partial charge on any atom is -0.330 e. The van der Waals surface area contributed by atoms with Crippen molar-refractivity contribution in [3.05, 3.63) is 33.0 Å². The maximum Gasteiger partial charge on any atom is 0.143 e. The van der Waals surface area contributed by atoms with Gasteiger partial charge in [-0.1, -0.05) is 11.6 Å². The van der Waals surface area contributed by atoms with Crippen LogP contribution in [0.2, 0.25) is 5.02 Å². The van der Waals surface area contributed by atoms with Gasteiger partial charge in [0.2, 0.25) is 0 Å². The van der Waals surface area contributed by atoms with Crippen molar-refractivity contribution in [1.29, 1.82) is 0 Å². The second-order valence-electron chi connectivity index (χ2n) is 2.41. The lowest BCUT2D eigenvalue weighted by atomic mass is 10.1. The first-order chi connectivity index (χ1) is 5.65. The lowest BCUT2D eigenvalue weighted by Crippen LogP contribution is -2.03. The number of hydrogen-bond donors (Lipinski definition) is 1. The molecule has 4 heteroatoms. The van der Waals surface area contributed by atoms with Gasteiger partial charge in [-0.05, 0) is 46.6 Å². The Hall–Kier alpha value is -0.120. The van der Waals surface area contributed by atoms with Gasteiger partial charge in [0.1, 0.15) is 5.82 Å². The van der Waals surface area contributed by atoms with Crippen LogP contribution >= 0.6 is 27.5 Å². The Balaban J connectivity index is 3.04. The topological polar surface area (TPSA) is 26.0 Å². The average molecular weight is 253 g/mol. The molecule has 0 atom stereocenters. The Labute approximate surface area is 83.8 Å². The summed E-state index contributed by atoms with van der Waals surface area (Å²) in [5.74, 6) is -0.408. The Morgan fingerprint density at radius 3 is 2.67 bits per heavy atom. The summed E-state index contributed by atoms with van der Waals surface area (Å²) in [6.45, 7) is 0.507. The fraction of sp³-hybridized carbons (Fsp3) is 0.250. The molecular formula is C8H8BrClFN. The molecule has 0 unspecified atom stereocenters. The maximum absolute atomic E-state index is 13.0. The summed E-state index contributed by atoms with van der Waals surface area (Å²) in [5.41, 5.74) is 6.18. The van der Waals surface area contributed by atoms with Crippen LogP contribution in [0.4, 0.5) is 4.39 Å². The van der Waals surface area contributed by atoms with Gasteiger partial charge >= 0.3 is 0 Å². The number of hydrogen-bond acceptors (Lipinski definition) is 1. The molecule has 1 aromatic carbocycles. The van der Waals surface area contributed by atoms with E-state index in [1.54, 1.807) is 6.07 Å². The highest BCUT2D eigenvalue weighted by Gasteiger charge is 2.05. The molecule has 1 nitrogen and oxygen atoms in total. The molecule has 1 rings (SSSR count). The Kier molecular flexibility index (Phi) is 3.50. The molecule has 0 heterocycles. The van der Waals surface area contributed by atoms with Gasteiger partial charge in [-0.3, -0.25) is 0 Å². The molecule has 0 fully saturated rings. The molecule has 0 aliphatic heterocycles. The van der Waals surface area contributed by atoms with E-state index in [1.165, 1.54) is 6.07 Å². The van der Waals surface area contributed by atoms with Crippen LogP contribution in [-0.2, 0) is 6.42 Å². The van der Waals surface area contributed by atoms with E-state index < -0.39 is 5.82 Å². The third kappa shape index (κ3) is 2.19. The van der Waals surface area contributed by atoms with E-state index in [4.69, 9.17) is 17.3 Å². The highest BCUT2D eigenvalue weighted by Crippen LogP contribution is 2.26. The Bertz CT molecular complexity index is 267. The maximum atomic E-state index is 13.0. The minimum absolute atomic E-state index is 0.121. The predicted octanol–water partition coefficient (Wildman–Crippen LogP) is 2.74. The van der Waals surface area contributed by atoms with Crippen molar-refractivity contribution >= 4 is 27.5 Å². The van der Waals surface area contributed by atoms with Crippen molar-refractivity contribution in [1.82, 2.24) is 0 Å². The zero-order valence-electron chi connectivity index (χ0n) is 6.28. The van der Waals surface area contributed by atoms with Gasteiger partial charge in [-0.15, -0.1) is 0 Å². The predicted molar refractivity (Wildman–Crippen MR) is 51.9 cm³/mol. The van der Waals surface area contributed by atoms with Crippen LogP contribution in [0.25, 0.3) is 0 Å². The Morgan fingerprint density at radius 1 is 1.50 bits per heavy atom. The number of benzene rings is 1. The lowest BCUT2D eigenvalue weighted by Gasteiger charge is -2.02. The molecule has 0 spiro atoms. The summed E-state index contributed by atoms with van der Waals surface area (Å²) in [5, 5.41) is 0.121. The normalized spacial score (nSPS) is 10.3. The molecule has 12 heavy (non-hydrogen) atoms. The van der Waals surface area contributed by atoms with Gasteiger partial charge in [0.25, 0.3) is 0 Å². The van der Waals surface area contributed by atoms with Crippen molar-refractivity contribution in [3.8, 4) is 0 Å². The summed E-state index contributed by atoms with van der Waals surface area (Å²) in [7, 11) is 0. The van der Waals surface area contributed by atoms with Crippen molar-refractivity contribution in [2.45, 2.75) is 6.42 Å². The van der Waals surface area contributed by atoms with Crippen LogP contribution in [0.15, 0.2) is 16.6 Å². The molecule has 2 N–H and O–H groups in total. The van der Waals surface area contributed by atoms with E-state index in [2.05, 4.69) is 15.9 Å². The second kappa shape index (κ2) is 4.21. The van der Waals surface area contributed by atoms with Crippen LogP contribution in [0.5, 0.6) is 0 Å². The first kappa shape index (κ1) is 9.96. The first-order valence-corrected chi connectivity index (χ1v) is 4.65. The molecule has 0 saturated carbocycles. The van der Waals surface area contributed by atoms with E-state index in [0.717, 1.165) is 5.56 Å². The van der Waals surface area contributed by atoms with Gasteiger partial charge in [0.15, 0.2) is 0 Å². The molecule has 0 saturated heterocycles. The van der Waals surface area contributed by atoms with E-state index in [9.17, 15) is 4.39 Å². The third-order valence-electron chi connectivity index (χ3n) is 1.48. The van der Waals surface area contributed by atoms with E-state index in [-0.39, 0.29) is 5.02 Å². The monoisotopic (exact) mass is 251 g/mol. The highest BCUT2D eigenvalue weighted by molar-refractivity contribution is 9.10. The van der Waals surface area contributed by atoms with Crippen LogP contribution in [-0.4, -0.2) is 6.54 Å². The molecule has 66 valence electrons. The largest absolute Gasteiger partial charge is 0.330 e. The number of halogens is 3. The molecule has 0 aliphatic rings. The quantitative estimate of drug-likeness (QED) is 0.805. The number of nitrogens with two attached hydrogens (primary N) is 1. The van der Waals surface area contributed by atoms with Gasteiger partial charge < -0.3 is 5.73 Å². The van der Waals surface area contributed by atoms with E-state index in [1.807, 2.05) is 0 Å². The summed E-state index contributed by atoms with van der Waals surface area (Å²) in [4.78, 5) is 0. The molecule has 1 aromatic rings. The SMILES string of the molecule is NCCc1cc(F)c(Cl)c(Br)c1. The van der Waals surface area contributed by atoms with Crippen LogP contribution in [0, 0.1) is 5.82 Å². The molecule has 0 aliphatic carbocycles. The standard InChI is InChI=1S/C8H8BrClFN/c9-6-3-5(1-2-12)4-7(11)8(6)10/h3-4H,1-2,12H2. The summed E-state index contributed by atoms with van der Waals surface area (Å²) in [6.07, 6.45) is 0.659. The van der Waals surface area contributed by atoms with Crippen LogP contribution in [0.3, 0.4) is 0 Å². The molecular weight excluding hydrogens is 244 g/mol. The minimum atomic E-state index is -0.408. The lowest BCUT2D eigenvalue weighted by molar-refractivity contribution is 0.625. The third-order valence-corrected chi connectivity index (χ3v) is 2.71. The van der Waals surface area contributed by atoms with Crippen molar-refractivity contribution in [2.75, 3.05) is 6.54 Å². The summed E-state index contributed by atoms with van der Waals surface area (Å²) in [6, 6.07) is 3.18. The molecule has 0 amide bonds. The fourth-order valence-electron chi connectivity index (χ4n) is 0.919. The molecule has 0 aromatic heterocycles. The second-order valence-corrected chi connectivity index (χ2v) is 3.64. The fourth-order valence-corrected chi connectivity index (χ4v) is 1.51. The van der Waals surface area contributed by atoms with Gasteiger partial charge in [-0.2, -0.15) is 0 Å². The first-order valence-electron chi connectivity index (χ1n) is 3.48. The van der Waals surface area contributed by atoms with E-state index in [0.29, 0.717) is 17.4 Å². The Morgan fingerprint density at radius 2 is 2.17 bits per heavy atom. The zero-order chi connectivity index (χ0) is 9.14. The molecule has 0 radical (unpaired) electrons. The van der Waals surface area contributed by atoms with Gasteiger partial charge in [-0.25, -0.2) is 4.39 Å².